The minimum Gasteiger partial charge on any atom is -0.144 e. The Morgan fingerprint density at radius 2 is 0.589 bits per heavy atom. The first-order valence-corrected chi connectivity index (χ1v) is 25.0. The Bertz CT molecular complexity index is 2100. The van der Waals surface area contributed by atoms with Gasteiger partial charge in [0.1, 0.15) is 0 Å². The van der Waals surface area contributed by atoms with Crippen LogP contribution in [0.5, 0.6) is 0 Å². The van der Waals surface area contributed by atoms with Crippen molar-refractivity contribution in [2.45, 2.75) is 77.0 Å². The lowest BCUT2D eigenvalue weighted by molar-refractivity contribution is 0.645. The second kappa shape index (κ2) is 22.4. The Morgan fingerprint density at radius 1 is 0.286 bits per heavy atom. The molecule has 7 aromatic rings. The molecule has 6 heterocycles. The van der Waals surface area contributed by atoms with Crippen LogP contribution in [0.3, 0.4) is 0 Å². The average Bonchev–Trinajstić information content (AvgIpc) is 4.08. The van der Waals surface area contributed by atoms with E-state index in [0.717, 1.165) is 0 Å². The van der Waals surface area contributed by atoms with Gasteiger partial charge in [0.05, 0.1) is 0 Å². The normalized spacial score (nSPS) is 12.1. The maximum Gasteiger partial charge on any atom is 0.0273 e. The lowest BCUT2D eigenvalue weighted by atomic mass is 10.1. The second-order valence-electron chi connectivity index (χ2n) is 14.1. The van der Waals surface area contributed by atoms with Gasteiger partial charge in [0.15, 0.2) is 0 Å². The summed E-state index contributed by atoms with van der Waals surface area (Å²) in [6.45, 7) is 0. The minimum absolute atomic E-state index is 1.19. The van der Waals surface area contributed by atoms with Crippen LogP contribution in [0.1, 0.15) is 111 Å². The molecule has 1 aromatic carbocycles. The van der Waals surface area contributed by atoms with E-state index in [4.69, 9.17) is 0 Å². The van der Waals surface area contributed by atoms with Gasteiger partial charge in [0.2, 0.25) is 0 Å². The molecular formula is C50H50S6. The van der Waals surface area contributed by atoms with Crippen LogP contribution in [-0.4, -0.2) is 0 Å². The first-order valence-electron chi connectivity index (χ1n) is 19.9. The summed E-state index contributed by atoms with van der Waals surface area (Å²) in [5.74, 6) is 0. The van der Waals surface area contributed by atoms with Crippen molar-refractivity contribution in [2.24, 2.45) is 0 Å². The summed E-state index contributed by atoms with van der Waals surface area (Å²) < 4.78 is 0. The van der Waals surface area contributed by atoms with Gasteiger partial charge in [0, 0.05) is 48.8 Å². The molecule has 0 nitrogen and oxygen atoms in total. The molecule has 0 aliphatic heterocycles. The molecule has 6 heteroatoms. The van der Waals surface area contributed by atoms with E-state index in [1.807, 2.05) is 45.3 Å². The van der Waals surface area contributed by atoms with Crippen molar-refractivity contribution >= 4 is 117 Å². The third-order valence-electron chi connectivity index (χ3n) is 9.65. The van der Waals surface area contributed by atoms with Crippen molar-refractivity contribution in [3.8, 4) is 0 Å². The Hall–Kier alpha value is -3.62. The number of aryl methyl sites for hydroxylation is 4. The molecule has 0 bridgehead atoms. The molecular weight excluding hydrogens is 793 g/mol. The van der Waals surface area contributed by atoms with Gasteiger partial charge in [-0.2, -0.15) is 0 Å². The molecule has 0 saturated carbocycles. The highest BCUT2D eigenvalue weighted by Crippen LogP contribution is 2.26. The van der Waals surface area contributed by atoms with Crippen LogP contribution in [0.15, 0.2) is 108 Å². The molecule has 56 heavy (non-hydrogen) atoms. The SMILES string of the molecule is C(=C\c1ccc(CCCCCCc2ccc(/C=C/c3cccs3)s2)s1)/c1ccc(/C=C/c2ccc(CCCCCCc3ccc(/C=C/c4cccs4)s3)s2)cc1. The van der Waals surface area contributed by atoms with E-state index in [0.29, 0.717) is 0 Å². The van der Waals surface area contributed by atoms with Crippen LogP contribution in [0.2, 0.25) is 0 Å². The van der Waals surface area contributed by atoms with Gasteiger partial charge < -0.3 is 0 Å². The lowest BCUT2D eigenvalue weighted by Gasteiger charge is -2.00. The fraction of sp³-hybridized carbons (Fsp3) is 0.240. The first-order chi connectivity index (χ1) is 27.7. The quantitative estimate of drug-likeness (QED) is 0.0597. The summed E-state index contributed by atoms with van der Waals surface area (Å²) in [5.41, 5.74) is 2.49. The molecule has 0 spiro atoms. The van der Waals surface area contributed by atoms with Gasteiger partial charge in [-0.3, -0.25) is 0 Å². The molecule has 0 aliphatic carbocycles. The number of rotatable bonds is 22. The topological polar surface area (TPSA) is 0 Å². The summed E-state index contributed by atoms with van der Waals surface area (Å²) >= 11 is 11.3. The highest BCUT2D eigenvalue weighted by Gasteiger charge is 2.03. The van der Waals surface area contributed by atoms with E-state index in [9.17, 15) is 0 Å². The first kappa shape index (κ1) is 40.6. The molecule has 7 rings (SSSR count). The Kier molecular flexibility index (Phi) is 16.2. The lowest BCUT2D eigenvalue weighted by Crippen LogP contribution is -1.84. The van der Waals surface area contributed by atoms with Crippen LogP contribution >= 0.6 is 68.0 Å². The molecule has 6 aromatic heterocycles. The molecule has 0 unspecified atom stereocenters. The molecule has 0 N–H and O–H groups in total. The number of thiophene rings is 6. The number of benzene rings is 1. The Morgan fingerprint density at radius 3 is 0.893 bits per heavy atom. The van der Waals surface area contributed by atoms with E-state index in [2.05, 4.69) is 156 Å². The van der Waals surface area contributed by atoms with Crippen LogP contribution < -0.4 is 0 Å². The second-order valence-corrected chi connectivity index (χ2v) is 20.8. The summed E-state index contributed by atoms with van der Waals surface area (Å²) in [6, 6.07) is 35.8. The average molecular weight is 843 g/mol. The van der Waals surface area contributed by atoms with Gasteiger partial charge >= 0.3 is 0 Å². The minimum atomic E-state index is 1.19. The zero-order chi connectivity index (χ0) is 38.0. The van der Waals surface area contributed by atoms with Gasteiger partial charge in [0.25, 0.3) is 0 Å². The van der Waals surface area contributed by atoms with Gasteiger partial charge in [-0.1, -0.05) is 74.2 Å². The monoisotopic (exact) mass is 842 g/mol. The predicted molar refractivity (Wildman–Crippen MR) is 260 cm³/mol. The van der Waals surface area contributed by atoms with Crippen LogP contribution in [0, 0.1) is 0 Å². The third kappa shape index (κ3) is 13.8. The summed E-state index contributed by atoms with van der Waals surface area (Å²) in [5, 5.41) is 4.26. The van der Waals surface area contributed by atoms with Crippen molar-refractivity contribution in [1.29, 1.82) is 0 Å². The fourth-order valence-corrected chi connectivity index (χ4v) is 11.6. The summed E-state index contributed by atoms with van der Waals surface area (Å²) in [7, 11) is 0. The zero-order valence-electron chi connectivity index (χ0n) is 31.9. The highest BCUT2D eigenvalue weighted by molar-refractivity contribution is 7.14. The molecule has 0 saturated heterocycles. The third-order valence-corrected chi connectivity index (χ3v) is 15.8. The van der Waals surface area contributed by atoms with E-state index >= 15 is 0 Å². The zero-order valence-corrected chi connectivity index (χ0v) is 36.8. The molecule has 0 amide bonds. The molecule has 0 radical (unpaired) electrons. The van der Waals surface area contributed by atoms with Crippen molar-refractivity contribution in [3.63, 3.8) is 0 Å². The molecule has 0 atom stereocenters. The van der Waals surface area contributed by atoms with E-state index in [1.54, 1.807) is 22.7 Å². The van der Waals surface area contributed by atoms with Gasteiger partial charge in [-0.15, -0.1) is 68.0 Å². The summed E-state index contributed by atoms with van der Waals surface area (Å²) in [6.07, 6.45) is 33.1. The van der Waals surface area contributed by atoms with E-state index < -0.39 is 0 Å². The van der Waals surface area contributed by atoms with Crippen LogP contribution in [0.4, 0.5) is 0 Å². The smallest absolute Gasteiger partial charge is 0.0273 e. The van der Waals surface area contributed by atoms with Crippen molar-refractivity contribution in [1.82, 2.24) is 0 Å². The maximum absolute atomic E-state index is 2.32. The Balaban J connectivity index is 0.740. The fourth-order valence-electron chi connectivity index (χ4n) is 6.55. The molecule has 0 aliphatic rings. The Labute approximate surface area is 358 Å². The highest BCUT2D eigenvalue weighted by atomic mass is 32.1. The number of hydrogen-bond acceptors (Lipinski definition) is 6. The van der Waals surface area contributed by atoms with Crippen molar-refractivity contribution < 1.29 is 0 Å². The van der Waals surface area contributed by atoms with Gasteiger partial charge in [-0.25, -0.2) is 0 Å². The number of hydrogen-bond donors (Lipinski definition) is 0. The van der Waals surface area contributed by atoms with Gasteiger partial charge in [-0.05, 0) is 170 Å². The summed E-state index contributed by atoms with van der Waals surface area (Å²) in [4.78, 5) is 14.0. The standard InChI is InChI=1S/C50H50S6/c1(3-7-13-45-31-35-49(55-45)27-25-41-15-9-37-51-41)5-11-43-29-33-47(53-43)23-21-39-17-19-40(20-18-39)22-24-48-34-30-44(54-48)12-6-2-4-8-14-46-32-36-50(56-46)28-26-42-16-10-38-52-42/h9-10,15-38H,1-8,11-14H2/b23-21+,24-22+,27-25+,28-26+. The van der Waals surface area contributed by atoms with Crippen molar-refractivity contribution in [2.75, 3.05) is 0 Å². The van der Waals surface area contributed by atoms with E-state index in [-0.39, 0.29) is 0 Å². The predicted octanol–water partition coefficient (Wildman–Crippen LogP) is 17.4. The molecule has 0 fully saturated rings. The van der Waals surface area contributed by atoms with Crippen LogP contribution in [-0.2, 0) is 25.7 Å². The maximum atomic E-state index is 2.32. The number of unbranched alkanes of at least 4 members (excludes halogenated alkanes) is 6. The van der Waals surface area contributed by atoms with E-state index in [1.165, 1.54) is 137 Å². The molecule has 286 valence electrons. The van der Waals surface area contributed by atoms with Crippen molar-refractivity contribution in [3.05, 3.63) is 168 Å². The largest absolute Gasteiger partial charge is 0.144 e. The van der Waals surface area contributed by atoms with Crippen LogP contribution in [0.25, 0.3) is 48.6 Å².